The molecule has 1 aliphatic rings. The van der Waals surface area contributed by atoms with E-state index in [0.717, 1.165) is 0 Å². The Bertz CT molecular complexity index is 196. The van der Waals surface area contributed by atoms with Gasteiger partial charge in [0, 0.05) is 0 Å². The van der Waals surface area contributed by atoms with Crippen molar-refractivity contribution in [1.29, 1.82) is 0 Å². The van der Waals surface area contributed by atoms with Crippen LogP contribution in [0.5, 0.6) is 0 Å². The summed E-state index contributed by atoms with van der Waals surface area (Å²) in [4.78, 5) is 0. The van der Waals surface area contributed by atoms with E-state index < -0.39 is 11.8 Å². The molecule has 6 N–H and O–H groups in total. The van der Waals surface area contributed by atoms with Crippen LogP contribution in [0.15, 0.2) is 24.0 Å². The summed E-state index contributed by atoms with van der Waals surface area (Å²) >= 11 is 0. The van der Waals surface area contributed by atoms with E-state index in [2.05, 4.69) is 0 Å². The Balaban J connectivity index is 2.89. The van der Waals surface area contributed by atoms with E-state index in [9.17, 15) is 5.11 Å². The van der Waals surface area contributed by atoms with Crippen molar-refractivity contribution in [2.75, 3.05) is 0 Å². The molecule has 0 saturated carbocycles. The Morgan fingerprint density at radius 2 is 2.20 bits per heavy atom. The Kier molecular flexibility index (Phi) is 1.52. The molecule has 2 unspecified atom stereocenters. The van der Waals surface area contributed by atoms with E-state index in [4.69, 9.17) is 16.6 Å². The number of aliphatic hydroxyl groups is 2. The van der Waals surface area contributed by atoms with Gasteiger partial charge in [0.2, 0.25) is 0 Å². The standard InChI is InChI=1S/C6H10N2O2/c7-5-4(9)2-1-3-6(5,8)10/h1-3,5,9-10H,7-8H2. The van der Waals surface area contributed by atoms with Crippen molar-refractivity contribution in [1.82, 2.24) is 0 Å². The Labute approximate surface area is 58.4 Å². The van der Waals surface area contributed by atoms with Crippen LogP contribution >= 0.6 is 0 Å². The topological polar surface area (TPSA) is 92.5 Å². The van der Waals surface area contributed by atoms with Crippen LogP contribution in [0.4, 0.5) is 0 Å². The normalized spacial score (nSPS) is 39.5. The van der Waals surface area contributed by atoms with Crippen molar-refractivity contribution in [3.63, 3.8) is 0 Å². The summed E-state index contributed by atoms with van der Waals surface area (Å²) in [7, 11) is 0. The highest BCUT2D eigenvalue weighted by atomic mass is 16.3. The molecule has 0 aliphatic heterocycles. The predicted octanol–water partition coefficient (Wildman–Crippen LogP) is -1.03. The van der Waals surface area contributed by atoms with Crippen LogP contribution in [0, 0.1) is 0 Å². The van der Waals surface area contributed by atoms with Gasteiger partial charge in [-0.05, 0) is 12.2 Å². The van der Waals surface area contributed by atoms with Crippen molar-refractivity contribution in [3.8, 4) is 0 Å². The molecule has 0 saturated heterocycles. The molecule has 4 nitrogen and oxygen atoms in total. The molecular weight excluding hydrogens is 132 g/mol. The summed E-state index contributed by atoms with van der Waals surface area (Å²) < 4.78 is 0. The van der Waals surface area contributed by atoms with Gasteiger partial charge >= 0.3 is 0 Å². The Hall–Kier alpha value is -0.840. The first-order valence-electron chi connectivity index (χ1n) is 2.89. The van der Waals surface area contributed by atoms with E-state index in [-0.39, 0.29) is 5.76 Å². The van der Waals surface area contributed by atoms with Crippen LogP contribution in [0.25, 0.3) is 0 Å². The van der Waals surface area contributed by atoms with Gasteiger partial charge in [0.1, 0.15) is 11.8 Å². The zero-order valence-electron chi connectivity index (χ0n) is 5.36. The van der Waals surface area contributed by atoms with Crippen LogP contribution < -0.4 is 11.5 Å². The lowest BCUT2D eigenvalue weighted by molar-refractivity contribution is 0.0646. The second-order valence-corrected chi connectivity index (χ2v) is 2.32. The number of rotatable bonds is 0. The van der Waals surface area contributed by atoms with Crippen molar-refractivity contribution in [2.45, 2.75) is 11.8 Å². The van der Waals surface area contributed by atoms with Gasteiger partial charge in [-0.25, -0.2) is 0 Å². The summed E-state index contributed by atoms with van der Waals surface area (Å²) in [6.45, 7) is 0. The van der Waals surface area contributed by atoms with Gasteiger partial charge in [-0.1, -0.05) is 6.08 Å². The molecule has 0 fully saturated rings. The van der Waals surface area contributed by atoms with Crippen molar-refractivity contribution < 1.29 is 10.2 Å². The second kappa shape index (κ2) is 2.09. The zero-order valence-corrected chi connectivity index (χ0v) is 5.36. The highest BCUT2D eigenvalue weighted by Gasteiger charge is 2.31. The third-order valence-electron chi connectivity index (χ3n) is 1.45. The molecule has 2 atom stereocenters. The molecule has 56 valence electrons. The van der Waals surface area contributed by atoms with Crippen LogP contribution in [0.2, 0.25) is 0 Å². The molecule has 4 heteroatoms. The van der Waals surface area contributed by atoms with E-state index >= 15 is 0 Å². The molecule has 10 heavy (non-hydrogen) atoms. The molecule has 0 aromatic rings. The fourth-order valence-corrected chi connectivity index (χ4v) is 0.745. The fraction of sp³-hybridized carbons (Fsp3) is 0.333. The van der Waals surface area contributed by atoms with Gasteiger partial charge in [0.15, 0.2) is 5.72 Å². The van der Waals surface area contributed by atoms with Crippen molar-refractivity contribution in [3.05, 3.63) is 24.0 Å². The molecule has 0 aromatic carbocycles. The zero-order chi connectivity index (χ0) is 7.78. The fourth-order valence-electron chi connectivity index (χ4n) is 0.745. The smallest absolute Gasteiger partial charge is 0.155 e. The monoisotopic (exact) mass is 142 g/mol. The highest BCUT2D eigenvalue weighted by Crippen LogP contribution is 2.14. The minimum Gasteiger partial charge on any atom is -0.510 e. The predicted molar refractivity (Wildman–Crippen MR) is 37.0 cm³/mol. The minimum atomic E-state index is -1.61. The lowest BCUT2D eigenvalue weighted by Gasteiger charge is -2.27. The number of nitrogens with two attached hydrogens (primary N) is 2. The van der Waals surface area contributed by atoms with Crippen LogP contribution in [-0.2, 0) is 0 Å². The van der Waals surface area contributed by atoms with Gasteiger partial charge in [0.05, 0.1) is 0 Å². The Morgan fingerprint density at radius 1 is 1.60 bits per heavy atom. The first kappa shape index (κ1) is 7.27. The maximum atomic E-state index is 9.18. The average molecular weight is 142 g/mol. The van der Waals surface area contributed by atoms with Gasteiger partial charge in [-0.15, -0.1) is 0 Å². The van der Waals surface area contributed by atoms with Gasteiger partial charge in [0.25, 0.3) is 0 Å². The SMILES string of the molecule is NC1C(O)=CC=CC1(N)O. The summed E-state index contributed by atoms with van der Waals surface area (Å²) in [6, 6.07) is -0.919. The maximum Gasteiger partial charge on any atom is 0.155 e. The minimum absolute atomic E-state index is 0.104. The molecule has 0 heterocycles. The quantitative estimate of drug-likeness (QED) is 0.325. The van der Waals surface area contributed by atoms with Crippen LogP contribution in [-0.4, -0.2) is 22.0 Å². The van der Waals surface area contributed by atoms with Gasteiger partial charge < -0.3 is 15.9 Å². The average Bonchev–Trinajstić information content (AvgIpc) is 1.83. The number of aliphatic hydroxyl groups excluding tert-OH is 1. The second-order valence-electron chi connectivity index (χ2n) is 2.32. The van der Waals surface area contributed by atoms with Gasteiger partial charge in [-0.3, -0.25) is 5.73 Å². The van der Waals surface area contributed by atoms with E-state index in [0.29, 0.717) is 0 Å². The van der Waals surface area contributed by atoms with Crippen LogP contribution in [0.3, 0.4) is 0 Å². The summed E-state index contributed by atoms with van der Waals surface area (Å²) in [5.74, 6) is -0.104. The lowest BCUT2D eigenvalue weighted by Crippen LogP contribution is -2.55. The first-order chi connectivity index (χ1) is 4.54. The third kappa shape index (κ3) is 1.04. The number of hydrogen-bond donors (Lipinski definition) is 4. The number of allylic oxidation sites excluding steroid dienone is 2. The molecule has 1 aliphatic carbocycles. The lowest BCUT2D eigenvalue weighted by atomic mass is 9.99. The molecule has 0 bridgehead atoms. The summed E-state index contributed by atoms with van der Waals surface area (Å²) in [6.07, 6.45) is 4.18. The molecule has 0 amide bonds. The first-order valence-corrected chi connectivity index (χ1v) is 2.89. The molecule has 0 aromatic heterocycles. The van der Waals surface area contributed by atoms with E-state index in [1.807, 2.05) is 0 Å². The largest absolute Gasteiger partial charge is 0.510 e. The van der Waals surface area contributed by atoms with Crippen LogP contribution in [0.1, 0.15) is 0 Å². The highest BCUT2D eigenvalue weighted by molar-refractivity contribution is 5.25. The van der Waals surface area contributed by atoms with E-state index in [1.165, 1.54) is 18.2 Å². The molecule has 0 radical (unpaired) electrons. The van der Waals surface area contributed by atoms with Crippen molar-refractivity contribution in [2.24, 2.45) is 11.5 Å². The summed E-state index contributed by atoms with van der Waals surface area (Å²) in [5.41, 5.74) is 8.95. The van der Waals surface area contributed by atoms with Gasteiger partial charge in [-0.2, -0.15) is 0 Å². The van der Waals surface area contributed by atoms with Crippen molar-refractivity contribution >= 4 is 0 Å². The number of hydrogen-bond acceptors (Lipinski definition) is 4. The third-order valence-corrected chi connectivity index (χ3v) is 1.45. The molecule has 1 rings (SSSR count). The van der Waals surface area contributed by atoms with E-state index in [1.54, 1.807) is 0 Å². The molecule has 0 spiro atoms. The Morgan fingerprint density at radius 3 is 2.60 bits per heavy atom. The molecular formula is C6H10N2O2. The maximum absolute atomic E-state index is 9.18. The summed E-state index contributed by atoms with van der Waals surface area (Å²) in [5, 5.41) is 18.1.